The maximum Gasteiger partial charge on any atom is 0.193 e. The molecule has 0 unspecified atom stereocenters. The highest BCUT2D eigenvalue weighted by atomic mass is 79.9. The molecule has 3 rings (SSSR count). The molecule has 3 nitrogen and oxygen atoms in total. The molecule has 0 aromatic heterocycles. The van der Waals surface area contributed by atoms with E-state index < -0.39 is 0 Å². The second-order valence-corrected chi connectivity index (χ2v) is 6.31. The van der Waals surface area contributed by atoms with E-state index in [1.165, 1.54) is 5.56 Å². The smallest absolute Gasteiger partial charge is 0.193 e. The van der Waals surface area contributed by atoms with E-state index in [2.05, 4.69) is 44.4 Å². The van der Waals surface area contributed by atoms with Crippen LogP contribution in [0.4, 0.5) is 5.69 Å². The summed E-state index contributed by atoms with van der Waals surface area (Å²) in [5.41, 5.74) is 8.44. The van der Waals surface area contributed by atoms with E-state index in [4.69, 9.17) is 5.73 Å². The van der Waals surface area contributed by atoms with Gasteiger partial charge in [-0.25, -0.2) is 0 Å². The molecule has 0 saturated heterocycles. The maximum atomic E-state index is 5.98. The number of nitrogens with two attached hydrogens (primary N) is 1. The van der Waals surface area contributed by atoms with Crippen molar-refractivity contribution in [1.29, 1.82) is 0 Å². The minimum Gasteiger partial charge on any atom is -0.370 e. The second kappa shape index (κ2) is 5.90. The monoisotopic (exact) mass is 343 g/mol. The molecular weight excluding hydrogens is 326 g/mol. The Kier molecular flexibility index (Phi) is 3.97. The molecule has 0 aliphatic heterocycles. The summed E-state index contributed by atoms with van der Waals surface area (Å²) in [6.07, 6.45) is 2.33. The van der Waals surface area contributed by atoms with Crippen LogP contribution in [-0.4, -0.2) is 12.5 Å². The molecule has 1 fully saturated rings. The van der Waals surface area contributed by atoms with Gasteiger partial charge < -0.3 is 11.1 Å². The molecule has 0 radical (unpaired) electrons. The van der Waals surface area contributed by atoms with Crippen molar-refractivity contribution in [2.24, 2.45) is 10.7 Å². The zero-order valence-electron chi connectivity index (χ0n) is 11.7. The van der Waals surface area contributed by atoms with E-state index in [1.54, 1.807) is 0 Å². The van der Waals surface area contributed by atoms with Crippen LogP contribution < -0.4 is 11.1 Å². The number of para-hydroxylation sites is 1. The Bertz CT molecular complexity index is 648. The SMILES string of the molecule is NC(=NCC1(c2ccccc2Br)CC1)Nc1ccccc1. The molecule has 0 heterocycles. The Hall–Kier alpha value is -1.81. The van der Waals surface area contributed by atoms with Crippen molar-refractivity contribution in [3.63, 3.8) is 0 Å². The van der Waals surface area contributed by atoms with Gasteiger partial charge in [0.25, 0.3) is 0 Å². The molecule has 2 aromatic rings. The fourth-order valence-corrected chi connectivity index (χ4v) is 3.21. The van der Waals surface area contributed by atoms with Crippen molar-refractivity contribution in [1.82, 2.24) is 0 Å². The Balaban J connectivity index is 1.69. The highest BCUT2D eigenvalue weighted by molar-refractivity contribution is 9.10. The van der Waals surface area contributed by atoms with Gasteiger partial charge in [-0.05, 0) is 36.6 Å². The minimum absolute atomic E-state index is 0.156. The number of anilines is 1. The normalized spacial score (nSPS) is 16.5. The van der Waals surface area contributed by atoms with Gasteiger partial charge in [0.1, 0.15) is 0 Å². The van der Waals surface area contributed by atoms with E-state index in [9.17, 15) is 0 Å². The fourth-order valence-electron chi connectivity index (χ4n) is 2.50. The maximum absolute atomic E-state index is 5.98. The number of halogens is 1. The van der Waals surface area contributed by atoms with Gasteiger partial charge in [0.05, 0.1) is 6.54 Å². The van der Waals surface area contributed by atoms with Gasteiger partial charge in [-0.3, -0.25) is 4.99 Å². The largest absolute Gasteiger partial charge is 0.370 e. The molecule has 0 atom stereocenters. The molecular formula is C17H18BrN3. The number of aliphatic imine (C=N–C) groups is 1. The zero-order valence-corrected chi connectivity index (χ0v) is 13.3. The van der Waals surface area contributed by atoms with Crippen LogP contribution >= 0.6 is 15.9 Å². The molecule has 1 aliphatic carbocycles. The number of hydrogen-bond acceptors (Lipinski definition) is 1. The predicted octanol–water partition coefficient (Wildman–Crippen LogP) is 3.91. The average Bonchev–Trinajstić information content (AvgIpc) is 3.28. The third-order valence-electron chi connectivity index (χ3n) is 3.90. The van der Waals surface area contributed by atoms with Crippen molar-refractivity contribution < 1.29 is 0 Å². The fraction of sp³-hybridized carbons (Fsp3) is 0.235. The Labute approximate surface area is 133 Å². The van der Waals surface area contributed by atoms with Crippen LogP contribution in [0.5, 0.6) is 0 Å². The molecule has 2 aromatic carbocycles. The van der Waals surface area contributed by atoms with Crippen molar-refractivity contribution >= 4 is 27.6 Å². The predicted molar refractivity (Wildman–Crippen MR) is 91.6 cm³/mol. The lowest BCUT2D eigenvalue weighted by Gasteiger charge is -2.15. The van der Waals surface area contributed by atoms with E-state index in [1.807, 2.05) is 36.4 Å². The van der Waals surface area contributed by atoms with Gasteiger partial charge in [0, 0.05) is 15.6 Å². The molecule has 1 saturated carbocycles. The summed E-state index contributed by atoms with van der Waals surface area (Å²) >= 11 is 3.64. The van der Waals surface area contributed by atoms with Crippen LogP contribution in [0.3, 0.4) is 0 Å². The molecule has 0 amide bonds. The summed E-state index contributed by atoms with van der Waals surface area (Å²) < 4.78 is 1.16. The van der Waals surface area contributed by atoms with Crippen molar-refractivity contribution in [3.8, 4) is 0 Å². The lowest BCUT2D eigenvalue weighted by atomic mass is 9.96. The van der Waals surface area contributed by atoms with E-state index in [-0.39, 0.29) is 5.41 Å². The Morgan fingerprint density at radius 1 is 1.10 bits per heavy atom. The first-order chi connectivity index (χ1) is 10.2. The third-order valence-corrected chi connectivity index (χ3v) is 4.59. The van der Waals surface area contributed by atoms with Crippen molar-refractivity contribution in [2.45, 2.75) is 18.3 Å². The summed E-state index contributed by atoms with van der Waals surface area (Å²) in [4.78, 5) is 4.53. The standard InChI is InChI=1S/C17H18BrN3/c18-15-9-5-4-8-14(15)17(10-11-17)12-20-16(19)21-13-6-2-1-3-7-13/h1-9H,10-12H2,(H3,19,20,21). The van der Waals surface area contributed by atoms with Gasteiger partial charge in [0.15, 0.2) is 5.96 Å². The quantitative estimate of drug-likeness (QED) is 0.653. The first-order valence-electron chi connectivity index (χ1n) is 7.07. The van der Waals surface area contributed by atoms with Gasteiger partial charge in [-0.1, -0.05) is 52.3 Å². The number of nitrogens with zero attached hydrogens (tertiary/aromatic N) is 1. The first-order valence-corrected chi connectivity index (χ1v) is 7.86. The molecule has 108 valence electrons. The summed E-state index contributed by atoms with van der Waals surface area (Å²) in [6.45, 7) is 0.723. The van der Waals surface area contributed by atoms with E-state index in [0.717, 1.165) is 29.5 Å². The summed E-state index contributed by atoms with van der Waals surface area (Å²) in [5.74, 6) is 0.472. The summed E-state index contributed by atoms with van der Waals surface area (Å²) in [6, 6.07) is 18.3. The first kappa shape index (κ1) is 14.1. The van der Waals surface area contributed by atoms with Crippen molar-refractivity contribution in [3.05, 3.63) is 64.6 Å². The molecule has 21 heavy (non-hydrogen) atoms. The van der Waals surface area contributed by atoms with Crippen LogP contribution in [-0.2, 0) is 5.41 Å². The van der Waals surface area contributed by atoms with Crippen LogP contribution in [0.15, 0.2) is 64.1 Å². The Morgan fingerprint density at radius 2 is 1.76 bits per heavy atom. The molecule has 0 bridgehead atoms. The van der Waals surface area contributed by atoms with Gasteiger partial charge in [-0.2, -0.15) is 0 Å². The molecule has 1 aliphatic rings. The van der Waals surface area contributed by atoms with Crippen molar-refractivity contribution in [2.75, 3.05) is 11.9 Å². The van der Waals surface area contributed by atoms with Gasteiger partial charge in [0.2, 0.25) is 0 Å². The van der Waals surface area contributed by atoms with Crippen LogP contribution in [0.2, 0.25) is 0 Å². The van der Waals surface area contributed by atoms with Crippen LogP contribution in [0.1, 0.15) is 18.4 Å². The average molecular weight is 344 g/mol. The summed E-state index contributed by atoms with van der Waals surface area (Å²) in [5, 5.41) is 3.12. The topological polar surface area (TPSA) is 50.4 Å². The number of benzene rings is 2. The summed E-state index contributed by atoms with van der Waals surface area (Å²) in [7, 11) is 0. The highest BCUT2D eigenvalue weighted by Gasteiger charge is 2.45. The minimum atomic E-state index is 0.156. The van der Waals surface area contributed by atoms with Gasteiger partial charge in [-0.15, -0.1) is 0 Å². The van der Waals surface area contributed by atoms with Crippen LogP contribution in [0, 0.1) is 0 Å². The van der Waals surface area contributed by atoms with Crippen LogP contribution in [0.25, 0.3) is 0 Å². The Morgan fingerprint density at radius 3 is 2.43 bits per heavy atom. The van der Waals surface area contributed by atoms with Gasteiger partial charge >= 0.3 is 0 Å². The second-order valence-electron chi connectivity index (χ2n) is 5.45. The lowest BCUT2D eigenvalue weighted by Crippen LogP contribution is -2.25. The number of hydrogen-bond donors (Lipinski definition) is 2. The highest BCUT2D eigenvalue weighted by Crippen LogP contribution is 2.50. The number of nitrogens with one attached hydrogen (secondary N) is 1. The molecule has 0 spiro atoms. The molecule has 4 heteroatoms. The molecule has 3 N–H and O–H groups in total. The lowest BCUT2D eigenvalue weighted by molar-refractivity contribution is 0.702. The zero-order chi connectivity index (χ0) is 14.7. The van der Waals surface area contributed by atoms with E-state index in [0.29, 0.717) is 5.96 Å². The number of guanidine groups is 1. The number of rotatable bonds is 4. The third kappa shape index (κ3) is 3.27. The van der Waals surface area contributed by atoms with E-state index >= 15 is 0 Å².